The lowest BCUT2D eigenvalue weighted by Crippen LogP contribution is -2.23. The van der Waals surface area contributed by atoms with Crippen LogP contribution in [-0.2, 0) is 6.54 Å². The van der Waals surface area contributed by atoms with Gasteiger partial charge in [0.05, 0.1) is 16.7 Å². The van der Waals surface area contributed by atoms with Gasteiger partial charge < -0.3 is 15.3 Å². The van der Waals surface area contributed by atoms with Crippen LogP contribution in [0, 0.1) is 0 Å². The molecule has 2 heterocycles. The Hall–Kier alpha value is -3.32. The average Bonchev–Trinajstić information content (AvgIpc) is 3.11. The first kappa shape index (κ1) is 16.8. The van der Waals surface area contributed by atoms with Crippen LogP contribution in [0.5, 0.6) is 0 Å². The smallest absolute Gasteiger partial charge is 0.323 e. The van der Waals surface area contributed by atoms with E-state index in [1.54, 1.807) is 11.8 Å². The van der Waals surface area contributed by atoms with Crippen molar-refractivity contribution in [1.29, 1.82) is 0 Å². The monoisotopic (exact) mass is 387 g/mol. The number of hydrogen-bond acceptors (Lipinski definition) is 5. The molecular weight excluding hydrogens is 370 g/mol. The number of nitrogens with one attached hydrogen (secondary N) is 3. The van der Waals surface area contributed by atoms with E-state index in [9.17, 15) is 4.79 Å². The van der Waals surface area contributed by atoms with Crippen LogP contribution in [0.4, 0.5) is 0 Å². The Morgan fingerprint density at radius 2 is 1.79 bits per heavy atom. The van der Waals surface area contributed by atoms with Gasteiger partial charge in [0.1, 0.15) is 0 Å². The number of thioether (sulfide) groups is 1. The highest BCUT2D eigenvalue weighted by Crippen LogP contribution is 2.19. The van der Waals surface area contributed by atoms with Crippen molar-refractivity contribution < 1.29 is 0 Å². The third-order valence-corrected chi connectivity index (χ3v) is 5.63. The molecule has 0 spiro atoms. The summed E-state index contributed by atoms with van der Waals surface area (Å²) in [6, 6.07) is 20.6. The second kappa shape index (κ2) is 7.01. The number of nitrogens with zero attached hydrogens (tertiary/aromatic N) is 2. The number of hydrogen-bond donors (Lipinski definition) is 3. The summed E-state index contributed by atoms with van der Waals surface area (Å²) in [5.74, 6) is 0.726. The average molecular weight is 387 g/mol. The first-order valence-electron chi connectivity index (χ1n) is 8.96. The summed E-state index contributed by atoms with van der Waals surface area (Å²) in [6.45, 7) is 0.706. The predicted octanol–water partition coefficient (Wildman–Crippen LogP) is 3.61. The zero-order valence-corrected chi connectivity index (χ0v) is 15.7. The highest BCUT2D eigenvalue weighted by atomic mass is 32.2. The molecule has 4 aromatic rings. The zero-order valence-electron chi connectivity index (χ0n) is 14.9. The van der Waals surface area contributed by atoms with Crippen molar-refractivity contribution in [2.24, 2.45) is 10.2 Å². The lowest BCUT2D eigenvalue weighted by atomic mass is 10.1. The van der Waals surface area contributed by atoms with Gasteiger partial charge in [0.2, 0.25) is 0 Å². The van der Waals surface area contributed by atoms with Gasteiger partial charge in [-0.25, -0.2) is 4.79 Å². The Labute approximate surface area is 164 Å². The Morgan fingerprint density at radius 1 is 0.929 bits per heavy atom. The molecule has 7 heteroatoms. The number of aromatic amines is 2. The SMILES string of the molecule is O=c1[nH]c2ccc(C3=NN=C(NCc4ccc5ccccc5c4)SC3)cc2[nH]1. The quantitative estimate of drug-likeness (QED) is 0.502. The molecule has 0 unspecified atom stereocenters. The molecule has 3 N–H and O–H groups in total. The van der Waals surface area contributed by atoms with Crippen molar-refractivity contribution >= 4 is 44.4 Å². The van der Waals surface area contributed by atoms with Crippen LogP contribution in [0.1, 0.15) is 11.1 Å². The van der Waals surface area contributed by atoms with E-state index in [1.807, 2.05) is 18.2 Å². The molecule has 0 saturated heterocycles. The van der Waals surface area contributed by atoms with Crippen molar-refractivity contribution in [3.8, 4) is 0 Å². The third-order valence-electron chi connectivity index (χ3n) is 4.71. The number of benzene rings is 3. The maximum atomic E-state index is 11.4. The van der Waals surface area contributed by atoms with Gasteiger partial charge in [-0.15, -0.1) is 5.10 Å². The van der Waals surface area contributed by atoms with Gasteiger partial charge in [-0.1, -0.05) is 54.2 Å². The summed E-state index contributed by atoms with van der Waals surface area (Å²) < 4.78 is 0. The molecule has 0 amide bonds. The van der Waals surface area contributed by atoms with Crippen molar-refractivity contribution in [2.45, 2.75) is 6.54 Å². The first-order chi connectivity index (χ1) is 13.7. The maximum Gasteiger partial charge on any atom is 0.323 e. The third kappa shape index (κ3) is 3.32. The van der Waals surface area contributed by atoms with Crippen molar-refractivity contribution in [2.75, 3.05) is 5.75 Å². The van der Waals surface area contributed by atoms with Crippen LogP contribution in [-0.4, -0.2) is 26.6 Å². The normalized spacial score (nSPS) is 14.1. The molecule has 28 heavy (non-hydrogen) atoms. The lowest BCUT2D eigenvalue weighted by Gasteiger charge is -2.14. The lowest BCUT2D eigenvalue weighted by molar-refractivity contribution is 0.921. The van der Waals surface area contributed by atoms with E-state index >= 15 is 0 Å². The number of imidazole rings is 1. The molecule has 1 aromatic heterocycles. The van der Waals surface area contributed by atoms with E-state index in [0.29, 0.717) is 6.54 Å². The Kier molecular flexibility index (Phi) is 4.21. The molecule has 1 aliphatic rings. The molecular formula is C21H17N5OS. The fourth-order valence-electron chi connectivity index (χ4n) is 3.27. The van der Waals surface area contributed by atoms with Crippen molar-refractivity contribution in [3.05, 3.63) is 82.3 Å². The van der Waals surface area contributed by atoms with Gasteiger partial charge in [-0.3, -0.25) is 0 Å². The largest absolute Gasteiger partial charge is 0.359 e. The fourth-order valence-corrected chi connectivity index (χ4v) is 4.04. The molecule has 6 nitrogen and oxygen atoms in total. The minimum Gasteiger partial charge on any atom is -0.359 e. The molecule has 138 valence electrons. The molecule has 0 atom stereocenters. The Bertz CT molecular complexity index is 1300. The van der Waals surface area contributed by atoms with Crippen LogP contribution in [0.15, 0.2) is 75.7 Å². The number of amidine groups is 1. The molecule has 3 aromatic carbocycles. The van der Waals surface area contributed by atoms with Crippen molar-refractivity contribution in [1.82, 2.24) is 15.3 Å². The molecule has 0 bridgehead atoms. The summed E-state index contributed by atoms with van der Waals surface area (Å²) in [5.41, 5.74) is 4.43. The van der Waals surface area contributed by atoms with Gasteiger partial charge in [0.25, 0.3) is 0 Å². The minimum atomic E-state index is -0.203. The first-order valence-corrected chi connectivity index (χ1v) is 9.94. The van der Waals surface area contributed by atoms with Crippen LogP contribution >= 0.6 is 11.8 Å². The van der Waals surface area contributed by atoms with Gasteiger partial charge in [0.15, 0.2) is 5.17 Å². The zero-order chi connectivity index (χ0) is 18.9. The summed E-state index contributed by atoms with van der Waals surface area (Å²) in [4.78, 5) is 16.9. The van der Waals surface area contributed by atoms with E-state index in [1.165, 1.54) is 16.3 Å². The van der Waals surface area contributed by atoms with E-state index in [-0.39, 0.29) is 5.69 Å². The molecule has 0 saturated carbocycles. The van der Waals surface area contributed by atoms with Crippen LogP contribution < -0.4 is 11.0 Å². The number of aromatic nitrogens is 2. The second-order valence-corrected chi connectivity index (χ2v) is 7.58. The Morgan fingerprint density at radius 3 is 2.64 bits per heavy atom. The molecule has 0 radical (unpaired) electrons. The summed E-state index contributed by atoms with van der Waals surface area (Å²) in [6.07, 6.45) is 0. The maximum absolute atomic E-state index is 11.4. The van der Waals surface area contributed by atoms with Crippen LogP contribution in [0.25, 0.3) is 21.8 Å². The van der Waals surface area contributed by atoms with Crippen LogP contribution in [0.3, 0.4) is 0 Å². The number of rotatable bonds is 3. The standard InChI is InChI=1S/C21H17N5OS/c27-20-23-17-8-7-16(10-18(17)24-20)19-12-28-21(26-25-19)22-11-13-5-6-14-3-1-2-4-15(14)9-13/h1-10H,11-12H2,(H,22,26)(H2,23,24,27). The fraction of sp³-hybridized carbons (Fsp3) is 0.0952. The van der Waals surface area contributed by atoms with E-state index < -0.39 is 0 Å². The van der Waals surface area contributed by atoms with E-state index in [2.05, 4.69) is 68.0 Å². The van der Waals surface area contributed by atoms with Gasteiger partial charge >= 0.3 is 5.69 Å². The highest BCUT2D eigenvalue weighted by molar-refractivity contribution is 8.14. The molecule has 5 rings (SSSR count). The molecule has 1 aliphatic heterocycles. The van der Waals surface area contributed by atoms with E-state index in [4.69, 9.17) is 0 Å². The predicted molar refractivity (Wildman–Crippen MR) is 116 cm³/mol. The molecule has 0 aliphatic carbocycles. The van der Waals surface area contributed by atoms with E-state index in [0.717, 1.165) is 33.2 Å². The minimum absolute atomic E-state index is 0.203. The highest BCUT2D eigenvalue weighted by Gasteiger charge is 2.13. The summed E-state index contributed by atoms with van der Waals surface area (Å²) in [7, 11) is 0. The van der Waals surface area contributed by atoms with Crippen molar-refractivity contribution in [3.63, 3.8) is 0 Å². The number of fused-ring (bicyclic) bond motifs is 2. The van der Waals surface area contributed by atoms with Crippen LogP contribution in [0.2, 0.25) is 0 Å². The topological polar surface area (TPSA) is 85.4 Å². The number of H-pyrrole nitrogens is 2. The van der Waals surface area contributed by atoms with Gasteiger partial charge in [-0.05, 0) is 34.5 Å². The Balaban J connectivity index is 1.31. The summed E-state index contributed by atoms with van der Waals surface area (Å²) in [5, 5.41) is 15.4. The molecule has 0 fully saturated rings. The second-order valence-electron chi connectivity index (χ2n) is 6.62. The van der Waals surface area contributed by atoms with Gasteiger partial charge in [-0.2, -0.15) is 5.10 Å². The summed E-state index contributed by atoms with van der Waals surface area (Å²) >= 11 is 1.63. The van der Waals surface area contributed by atoms with Gasteiger partial charge in [0, 0.05) is 17.9 Å².